The molecule has 0 saturated carbocycles. The van der Waals surface area contributed by atoms with Crippen molar-refractivity contribution in [1.29, 1.82) is 0 Å². The third-order valence-corrected chi connectivity index (χ3v) is 3.66. The van der Waals surface area contributed by atoms with Gasteiger partial charge in [0.15, 0.2) is 0 Å². The summed E-state index contributed by atoms with van der Waals surface area (Å²) in [4.78, 5) is 13.6. The van der Waals surface area contributed by atoms with Crippen LogP contribution >= 0.6 is 0 Å². The highest BCUT2D eigenvalue weighted by Gasteiger charge is 2.24. The molecule has 0 bridgehead atoms. The first kappa shape index (κ1) is 14.1. The maximum Gasteiger partial charge on any atom is 0.220 e. The predicted molar refractivity (Wildman–Crippen MR) is 74.6 cm³/mol. The van der Waals surface area contributed by atoms with Gasteiger partial charge in [0.2, 0.25) is 5.91 Å². The molecule has 19 heavy (non-hydrogen) atoms. The summed E-state index contributed by atoms with van der Waals surface area (Å²) in [6, 6.07) is 2.82. The molecule has 0 radical (unpaired) electrons. The molecule has 2 rings (SSSR count). The number of nitrogens with zero attached hydrogens (tertiary/aromatic N) is 3. The van der Waals surface area contributed by atoms with Crippen LogP contribution in [0.4, 0.5) is 0 Å². The van der Waals surface area contributed by atoms with E-state index in [1.807, 2.05) is 10.9 Å². The highest BCUT2D eigenvalue weighted by atomic mass is 16.1. The van der Waals surface area contributed by atoms with Gasteiger partial charge in [0.25, 0.3) is 0 Å². The summed E-state index contributed by atoms with van der Waals surface area (Å²) in [5.41, 5.74) is 1.10. The Labute approximate surface area is 115 Å². The monoisotopic (exact) mass is 264 g/mol. The lowest BCUT2D eigenvalue weighted by atomic mass is 10.2. The number of amides is 1. The second kappa shape index (κ2) is 6.19. The Morgan fingerprint density at radius 2 is 2.37 bits per heavy atom. The molecule has 1 N–H and O–H groups in total. The van der Waals surface area contributed by atoms with Gasteiger partial charge in [0, 0.05) is 44.3 Å². The Kier molecular flexibility index (Phi) is 4.58. The van der Waals surface area contributed by atoms with E-state index in [9.17, 15) is 4.79 Å². The number of rotatable bonds is 6. The fraction of sp³-hybridized carbons (Fsp3) is 0.714. The van der Waals surface area contributed by atoms with Crippen LogP contribution in [0, 0.1) is 0 Å². The average Bonchev–Trinajstić information content (AvgIpc) is 2.97. The molecule has 1 saturated heterocycles. The molecule has 1 atom stereocenters. The Hall–Kier alpha value is -1.36. The molecular weight excluding hydrogens is 240 g/mol. The molecule has 1 amide bonds. The minimum atomic E-state index is 0.184. The van der Waals surface area contributed by atoms with E-state index in [0.717, 1.165) is 31.7 Å². The minimum Gasteiger partial charge on any atom is -0.352 e. The Bertz CT molecular complexity index is 427. The van der Waals surface area contributed by atoms with E-state index in [-0.39, 0.29) is 5.91 Å². The SMILES string of the molecule is CCn1ccc(CN(CC2CCC(=O)N2)C(C)C)n1. The number of aromatic nitrogens is 2. The van der Waals surface area contributed by atoms with Crippen LogP contribution in [0.25, 0.3) is 0 Å². The van der Waals surface area contributed by atoms with Crippen LogP contribution in [-0.4, -0.2) is 39.2 Å². The quantitative estimate of drug-likeness (QED) is 0.845. The van der Waals surface area contributed by atoms with Gasteiger partial charge in [0.05, 0.1) is 5.69 Å². The molecule has 5 nitrogen and oxygen atoms in total. The van der Waals surface area contributed by atoms with Crippen molar-refractivity contribution in [1.82, 2.24) is 20.0 Å². The zero-order chi connectivity index (χ0) is 13.8. The van der Waals surface area contributed by atoms with Crippen LogP contribution in [0.3, 0.4) is 0 Å². The van der Waals surface area contributed by atoms with E-state index in [1.165, 1.54) is 0 Å². The third-order valence-electron chi connectivity index (χ3n) is 3.66. The van der Waals surface area contributed by atoms with E-state index in [4.69, 9.17) is 0 Å². The molecule has 1 fully saturated rings. The zero-order valence-electron chi connectivity index (χ0n) is 12.1. The lowest BCUT2D eigenvalue weighted by Gasteiger charge is -2.28. The van der Waals surface area contributed by atoms with Gasteiger partial charge in [-0.3, -0.25) is 14.4 Å². The lowest BCUT2D eigenvalue weighted by molar-refractivity contribution is -0.119. The van der Waals surface area contributed by atoms with E-state index < -0.39 is 0 Å². The predicted octanol–water partition coefficient (Wildman–Crippen LogP) is 1.39. The highest BCUT2D eigenvalue weighted by Crippen LogP contribution is 2.13. The van der Waals surface area contributed by atoms with Crippen LogP contribution in [0.15, 0.2) is 12.3 Å². The standard InChI is InChI=1S/C14H24N4O/c1-4-18-8-7-13(16-18)10-17(11(2)3)9-12-5-6-14(19)15-12/h7-8,11-12H,4-6,9-10H2,1-3H3,(H,15,19). The summed E-state index contributed by atoms with van der Waals surface area (Å²) in [5.74, 6) is 0.184. The van der Waals surface area contributed by atoms with Crippen molar-refractivity contribution in [3.8, 4) is 0 Å². The Morgan fingerprint density at radius 1 is 1.58 bits per heavy atom. The molecule has 1 aliphatic heterocycles. The van der Waals surface area contributed by atoms with Gasteiger partial charge in [0.1, 0.15) is 0 Å². The third kappa shape index (κ3) is 3.80. The molecule has 1 aromatic rings. The molecule has 0 spiro atoms. The molecule has 106 valence electrons. The van der Waals surface area contributed by atoms with E-state index in [0.29, 0.717) is 18.5 Å². The van der Waals surface area contributed by atoms with Gasteiger partial charge in [-0.05, 0) is 33.3 Å². The van der Waals surface area contributed by atoms with Crippen molar-refractivity contribution in [2.45, 2.75) is 58.8 Å². The maximum absolute atomic E-state index is 11.3. The summed E-state index contributed by atoms with van der Waals surface area (Å²) in [7, 11) is 0. The normalized spacial score (nSPS) is 19.4. The average molecular weight is 264 g/mol. The minimum absolute atomic E-state index is 0.184. The lowest BCUT2D eigenvalue weighted by Crippen LogP contribution is -2.41. The molecule has 1 unspecified atom stereocenters. The van der Waals surface area contributed by atoms with Gasteiger partial charge < -0.3 is 5.32 Å². The number of aryl methyl sites for hydroxylation is 1. The van der Waals surface area contributed by atoms with Gasteiger partial charge in [-0.15, -0.1) is 0 Å². The van der Waals surface area contributed by atoms with Gasteiger partial charge >= 0.3 is 0 Å². The summed E-state index contributed by atoms with van der Waals surface area (Å²) in [6.45, 7) is 9.12. The van der Waals surface area contributed by atoms with Gasteiger partial charge in [-0.25, -0.2) is 0 Å². The van der Waals surface area contributed by atoms with E-state index in [1.54, 1.807) is 0 Å². The number of hydrogen-bond donors (Lipinski definition) is 1. The fourth-order valence-corrected chi connectivity index (χ4v) is 2.43. The second-order valence-corrected chi connectivity index (χ2v) is 5.49. The van der Waals surface area contributed by atoms with Crippen molar-refractivity contribution < 1.29 is 4.79 Å². The van der Waals surface area contributed by atoms with Crippen molar-refractivity contribution in [2.24, 2.45) is 0 Å². The first-order valence-corrected chi connectivity index (χ1v) is 7.14. The maximum atomic E-state index is 11.3. The number of carbonyl (C=O) groups excluding carboxylic acids is 1. The molecule has 0 aliphatic carbocycles. The summed E-state index contributed by atoms with van der Waals surface area (Å²) in [5, 5.41) is 7.56. The van der Waals surface area contributed by atoms with Gasteiger partial charge in [-0.2, -0.15) is 5.10 Å². The zero-order valence-corrected chi connectivity index (χ0v) is 12.1. The first-order valence-electron chi connectivity index (χ1n) is 7.14. The summed E-state index contributed by atoms with van der Waals surface area (Å²) >= 11 is 0. The van der Waals surface area contributed by atoms with Crippen molar-refractivity contribution in [3.63, 3.8) is 0 Å². The molecule has 0 aromatic carbocycles. The summed E-state index contributed by atoms with van der Waals surface area (Å²) < 4.78 is 1.95. The number of carbonyl (C=O) groups is 1. The van der Waals surface area contributed by atoms with Crippen LogP contribution in [-0.2, 0) is 17.9 Å². The number of nitrogens with one attached hydrogen (secondary N) is 1. The molecule has 5 heteroatoms. The molecule has 2 heterocycles. The Morgan fingerprint density at radius 3 is 2.89 bits per heavy atom. The number of hydrogen-bond acceptors (Lipinski definition) is 3. The molecule has 1 aromatic heterocycles. The largest absolute Gasteiger partial charge is 0.352 e. The van der Waals surface area contributed by atoms with Crippen molar-refractivity contribution in [2.75, 3.05) is 6.54 Å². The van der Waals surface area contributed by atoms with Gasteiger partial charge in [-0.1, -0.05) is 0 Å². The van der Waals surface area contributed by atoms with E-state index in [2.05, 4.69) is 42.2 Å². The highest BCUT2D eigenvalue weighted by molar-refractivity contribution is 5.78. The topological polar surface area (TPSA) is 50.2 Å². The molecule has 1 aliphatic rings. The smallest absolute Gasteiger partial charge is 0.220 e. The molecular formula is C14H24N4O. The second-order valence-electron chi connectivity index (χ2n) is 5.49. The van der Waals surface area contributed by atoms with Crippen LogP contribution in [0.2, 0.25) is 0 Å². The van der Waals surface area contributed by atoms with Crippen molar-refractivity contribution >= 4 is 5.91 Å². The first-order chi connectivity index (χ1) is 9.08. The van der Waals surface area contributed by atoms with Crippen LogP contribution in [0.1, 0.15) is 39.3 Å². The van der Waals surface area contributed by atoms with Crippen molar-refractivity contribution in [3.05, 3.63) is 18.0 Å². The Balaban J connectivity index is 1.94. The fourth-order valence-electron chi connectivity index (χ4n) is 2.43. The van der Waals surface area contributed by atoms with E-state index >= 15 is 0 Å². The summed E-state index contributed by atoms with van der Waals surface area (Å²) in [6.07, 6.45) is 3.64. The van der Waals surface area contributed by atoms with Crippen LogP contribution < -0.4 is 5.32 Å². The van der Waals surface area contributed by atoms with Crippen LogP contribution in [0.5, 0.6) is 0 Å².